The first kappa shape index (κ1) is 16.4. The van der Waals surface area contributed by atoms with E-state index in [2.05, 4.69) is 0 Å². The second-order valence-electron chi connectivity index (χ2n) is 5.05. The Kier molecular flexibility index (Phi) is 4.74. The minimum Gasteiger partial charge on any atom is -0.504 e. The number of aromatic hydroxyl groups is 1. The average molecular weight is 359 g/mol. The zero-order chi connectivity index (χ0) is 17.1. The summed E-state index contributed by atoms with van der Waals surface area (Å²) in [6.07, 6.45) is 0. The van der Waals surface area contributed by atoms with Gasteiger partial charge in [0.05, 0.1) is 5.02 Å². The fourth-order valence-electron chi connectivity index (χ4n) is 2.18. The fourth-order valence-corrected chi connectivity index (χ4v) is 2.62. The number of carbonyl (C=O) groups excluding carboxylic acids is 1. The van der Waals surface area contributed by atoms with Gasteiger partial charge in [-0.1, -0.05) is 53.5 Å². The molecule has 3 nitrogen and oxygen atoms in total. The molecule has 3 aromatic rings. The van der Waals surface area contributed by atoms with E-state index in [4.69, 9.17) is 27.9 Å². The fraction of sp³-hybridized carbons (Fsp3) is 0. The molecule has 0 spiro atoms. The second kappa shape index (κ2) is 6.95. The highest BCUT2D eigenvalue weighted by Gasteiger charge is 2.13. The van der Waals surface area contributed by atoms with Crippen LogP contribution in [0.15, 0.2) is 66.7 Å². The number of phenols is 1. The molecule has 0 saturated heterocycles. The normalized spacial score (nSPS) is 10.4. The number of carbonyl (C=O) groups is 1. The summed E-state index contributed by atoms with van der Waals surface area (Å²) >= 11 is 11.9. The molecule has 24 heavy (non-hydrogen) atoms. The van der Waals surface area contributed by atoms with Crippen molar-refractivity contribution >= 4 is 29.0 Å². The molecule has 0 bridgehead atoms. The molecular formula is C19H12Cl2O3. The zero-order valence-electron chi connectivity index (χ0n) is 12.4. The average Bonchev–Trinajstić information content (AvgIpc) is 2.59. The molecule has 0 aromatic heterocycles. The molecule has 0 aliphatic carbocycles. The van der Waals surface area contributed by atoms with Gasteiger partial charge in [-0.3, -0.25) is 4.79 Å². The molecule has 0 saturated carbocycles. The molecule has 3 rings (SSSR count). The summed E-state index contributed by atoms with van der Waals surface area (Å²) in [5.41, 5.74) is 0.916. The van der Waals surface area contributed by atoms with E-state index in [-0.39, 0.29) is 17.3 Å². The number of ether oxygens (including phenoxy) is 1. The molecule has 5 heteroatoms. The smallest absolute Gasteiger partial charge is 0.193 e. The largest absolute Gasteiger partial charge is 0.504 e. The summed E-state index contributed by atoms with van der Waals surface area (Å²) < 4.78 is 5.58. The molecule has 0 aliphatic heterocycles. The van der Waals surface area contributed by atoms with Crippen LogP contribution in [0, 0.1) is 0 Å². The Morgan fingerprint density at radius 2 is 1.54 bits per heavy atom. The minimum atomic E-state index is -0.179. The van der Waals surface area contributed by atoms with Gasteiger partial charge in [-0.25, -0.2) is 0 Å². The number of halogens is 2. The molecule has 3 aromatic carbocycles. The van der Waals surface area contributed by atoms with Crippen LogP contribution in [-0.4, -0.2) is 10.9 Å². The van der Waals surface area contributed by atoms with Crippen molar-refractivity contribution in [1.29, 1.82) is 0 Å². The highest BCUT2D eigenvalue weighted by Crippen LogP contribution is 2.36. The monoisotopic (exact) mass is 358 g/mol. The van der Waals surface area contributed by atoms with Crippen molar-refractivity contribution in [2.45, 2.75) is 0 Å². The Balaban J connectivity index is 1.86. The summed E-state index contributed by atoms with van der Waals surface area (Å²) in [7, 11) is 0. The summed E-state index contributed by atoms with van der Waals surface area (Å²) in [6, 6.07) is 18.1. The van der Waals surface area contributed by atoms with Gasteiger partial charge in [0.2, 0.25) is 0 Å². The van der Waals surface area contributed by atoms with E-state index in [1.54, 1.807) is 48.5 Å². The van der Waals surface area contributed by atoms with Crippen molar-refractivity contribution < 1.29 is 14.6 Å². The molecule has 0 heterocycles. The molecule has 0 aliphatic rings. The predicted octanol–water partition coefficient (Wildman–Crippen LogP) is 5.72. The number of benzene rings is 3. The Morgan fingerprint density at radius 3 is 2.21 bits per heavy atom. The van der Waals surface area contributed by atoms with Crippen LogP contribution in [0.1, 0.15) is 15.9 Å². The van der Waals surface area contributed by atoms with Gasteiger partial charge in [0.15, 0.2) is 17.3 Å². The molecular weight excluding hydrogens is 347 g/mol. The van der Waals surface area contributed by atoms with Crippen LogP contribution < -0.4 is 4.74 Å². The van der Waals surface area contributed by atoms with E-state index >= 15 is 0 Å². The Bertz CT molecular complexity index is 892. The molecule has 0 amide bonds. The van der Waals surface area contributed by atoms with Gasteiger partial charge in [0.1, 0.15) is 5.75 Å². The van der Waals surface area contributed by atoms with Crippen LogP contribution in [0.4, 0.5) is 0 Å². The lowest BCUT2D eigenvalue weighted by molar-refractivity contribution is 0.103. The Hall–Kier alpha value is -2.49. The summed E-state index contributed by atoms with van der Waals surface area (Å²) in [4.78, 5) is 12.4. The number of hydrogen-bond donors (Lipinski definition) is 1. The van der Waals surface area contributed by atoms with Crippen molar-refractivity contribution in [1.82, 2.24) is 0 Å². The molecule has 0 radical (unpaired) electrons. The Morgan fingerprint density at radius 1 is 0.833 bits per heavy atom. The van der Waals surface area contributed by atoms with Crippen LogP contribution >= 0.6 is 23.2 Å². The van der Waals surface area contributed by atoms with Crippen molar-refractivity contribution in [3.63, 3.8) is 0 Å². The number of rotatable bonds is 4. The van der Waals surface area contributed by atoms with Gasteiger partial charge in [0, 0.05) is 16.1 Å². The maximum absolute atomic E-state index is 12.4. The number of hydrogen-bond acceptors (Lipinski definition) is 3. The summed E-state index contributed by atoms with van der Waals surface area (Å²) in [5, 5.41) is 11.0. The van der Waals surface area contributed by atoms with Gasteiger partial charge < -0.3 is 9.84 Å². The lowest BCUT2D eigenvalue weighted by Gasteiger charge is -2.10. The predicted molar refractivity (Wildman–Crippen MR) is 94.5 cm³/mol. The first-order chi connectivity index (χ1) is 11.5. The van der Waals surface area contributed by atoms with E-state index in [0.717, 1.165) is 0 Å². The lowest BCUT2D eigenvalue weighted by atomic mass is 10.0. The topological polar surface area (TPSA) is 46.5 Å². The van der Waals surface area contributed by atoms with Gasteiger partial charge in [-0.05, 0) is 36.4 Å². The van der Waals surface area contributed by atoms with Gasteiger partial charge in [-0.2, -0.15) is 0 Å². The molecule has 120 valence electrons. The Labute approximate surface area is 149 Å². The first-order valence-electron chi connectivity index (χ1n) is 7.10. The van der Waals surface area contributed by atoms with Crippen molar-refractivity contribution in [2.75, 3.05) is 0 Å². The third-order valence-corrected chi connectivity index (χ3v) is 3.90. The maximum Gasteiger partial charge on any atom is 0.193 e. The third kappa shape index (κ3) is 3.53. The molecule has 0 unspecified atom stereocenters. The molecule has 1 N–H and O–H groups in total. The second-order valence-corrected chi connectivity index (χ2v) is 5.90. The van der Waals surface area contributed by atoms with E-state index in [9.17, 15) is 9.90 Å². The van der Waals surface area contributed by atoms with Gasteiger partial charge >= 0.3 is 0 Å². The molecule has 0 fully saturated rings. The molecule has 0 atom stereocenters. The summed E-state index contributed by atoms with van der Waals surface area (Å²) in [6.45, 7) is 0. The quantitative estimate of drug-likeness (QED) is 0.606. The van der Waals surface area contributed by atoms with Crippen LogP contribution in [0.25, 0.3) is 0 Å². The highest BCUT2D eigenvalue weighted by atomic mass is 35.5. The van der Waals surface area contributed by atoms with Crippen molar-refractivity contribution in [3.05, 3.63) is 87.9 Å². The van der Waals surface area contributed by atoms with Gasteiger partial charge in [0.25, 0.3) is 0 Å². The van der Waals surface area contributed by atoms with Gasteiger partial charge in [-0.15, -0.1) is 0 Å². The van der Waals surface area contributed by atoms with Crippen molar-refractivity contribution in [3.8, 4) is 17.2 Å². The number of ketones is 1. The van der Waals surface area contributed by atoms with E-state index in [0.29, 0.717) is 26.9 Å². The minimum absolute atomic E-state index is 0.150. The summed E-state index contributed by atoms with van der Waals surface area (Å²) in [5.74, 6) is 0.229. The van der Waals surface area contributed by atoms with Crippen LogP contribution in [0.3, 0.4) is 0 Å². The maximum atomic E-state index is 12.4. The van der Waals surface area contributed by atoms with Crippen LogP contribution in [0.2, 0.25) is 10.0 Å². The first-order valence-corrected chi connectivity index (χ1v) is 7.86. The third-order valence-electron chi connectivity index (χ3n) is 3.37. The van der Waals surface area contributed by atoms with Crippen LogP contribution in [0.5, 0.6) is 17.2 Å². The van der Waals surface area contributed by atoms with E-state index < -0.39 is 0 Å². The highest BCUT2D eigenvalue weighted by molar-refractivity contribution is 6.35. The van der Waals surface area contributed by atoms with E-state index in [1.807, 2.05) is 6.07 Å². The standard InChI is InChI=1S/C19H12Cl2O3/c20-14-7-9-17(15(21)11-14)24-18-8-6-13(10-16(18)22)19(23)12-4-2-1-3-5-12/h1-11,22H. The SMILES string of the molecule is O=C(c1ccccc1)c1ccc(Oc2ccc(Cl)cc2Cl)c(O)c1. The van der Waals surface area contributed by atoms with E-state index in [1.165, 1.54) is 12.1 Å². The number of phenolic OH excluding ortho intramolecular Hbond substituents is 1. The van der Waals surface area contributed by atoms with Crippen molar-refractivity contribution in [2.24, 2.45) is 0 Å². The lowest BCUT2D eigenvalue weighted by Crippen LogP contribution is -2.00. The zero-order valence-corrected chi connectivity index (χ0v) is 13.9. The van der Waals surface area contributed by atoms with Crippen LogP contribution in [-0.2, 0) is 0 Å².